The Kier molecular flexibility index (Phi) is 3.56. The number of benzene rings is 1. The number of hydrogen-bond donors (Lipinski definition) is 1. The van der Waals surface area contributed by atoms with E-state index in [-0.39, 0.29) is 6.04 Å². The second-order valence-corrected chi connectivity index (χ2v) is 5.16. The van der Waals surface area contributed by atoms with Gasteiger partial charge in [0.25, 0.3) is 0 Å². The number of nitrogens with two attached hydrogens (primary N) is 1. The Morgan fingerprint density at radius 2 is 2.10 bits per heavy atom. The molecule has 4 nitrogen and oxygen atoms in total. The van der Waals surface area contributed by atoms with Gasteiger partial charge in [-0.3, -0.25) is 0 Å². The van der Waals surface area contributed by atoms with Gasteiger partial charge in [-0.15, -0.1) is 0 Å². The number of rotatable bonds is 5. The summed E-state index contributed by atoms with van der Waals surface area (Å²) in [5.74, 6) is 2.03. The number of nitrogens with zero attached hydrogens (tertiary/aromatic N) is 2. The van der Waals surface area contributed by atoms with Gasteiger partial charge in [0.2, 0.25) is 0 Å². The van der Waals surface area contributed by atoms with Gasteiger partial charge in [0, 0.05) is 25.9 Å². The van der Waals surface area contributed by atoms with Crippen LogP contribution in [0.5, 0.6) is 0 Å². The van der Waals surface area contributed by atoms with Gasteiger partial charge in [-0.2, -0.15) is 0 Å². The van der Waals surface area contributed by atoms with Crippen LogP contribution in [0.15, 0.2) is 47.1 Å². The highest BCUT2D eigenvalue weighted by atomic mass is 16.3. The van der Waals surface area contributed by atoms with Crippen LogP contribution in [-0.2, 0) is 19.9 Å². The summed E-state index contributed by atoms with van der Waals surface area (Å²) in [6.45, 7) is 0. The first-order valence-corrected chi connectivity index (χ1v) is 6.92. The van der Waals surface area contributed by atoms with E-state index in [0.717, 1.165) is 41.9 Å². The lowest BCUT2D eigenvalue weighted by atomic mass is 10.1. The van der Waals surface area contributed by atoms with Gasteiger partial charge >= 0.3 is 0 Å². The van der Waals surface area contributed by atoms with E-state index >= 15 is 0 Å². The minimum Gasteiger partial charge on any atom is -0.469 e. The second-order valence-electron chi connectivity index (χ2n) is 5.16. The molecule has 0 radical (unpaired) electrons. The fourth-order valence-electron chi connectivity index (χ4n) is 2.50. The van der Waals surface area contributed by atoms with Crippen LogP contribution in [0, 0.1) is 0 Å². The molecule has 0 amide bonds. The molecule has 2 heterocycles. The van der Waals surface area contributed by atoms with Crippen molar-refractivity contribution in [1.29, 1.82) is 0 Å². The van der Waals surface area contributed by atoms with E-state index in [4.69, 9.17) is 10.2 Å². The molecule has 104 valence electrons. The lowest BCUT2D eigenvalue weighted by molar-refractivity contribution is 0.480. The third-order valence-electron chi connectivity index (χ3n) is 3.67. The van der Waals surface area contributed by atoms with Crippen LogP contribution >= 0.6 is 0 Å². The largest absolute Gasteiger partial charge is 0.469 e. The Labute approximate surface area is 118 Å². The molecule has 4 heteroatoms. The van der Waals surface area contributed by atoms with Crippen molar-refractivity contribution in [3.8, 4) is 0 Å². The minimum absolute atomic E-state index is 0.0932. The highest BCUT2D eigenvalue weighted by molar-refractivity contribution is 5.75. The molecule has 3 aromatic rings. The van der Waals surface area contributed by atoms with E-state index < -0.39 is 0 Å². The van der Waals surface area contributed by atoms with Gasteiger partial charge in [0.05, 0.1) is 17.3 Å². The van der Waals surface area contributed by atoms with Crippen LogP contribution in [0.3, 0.4) is 0 Å². The monoisotopic (exact) mass is 269 g/mol. The molecule has 0 saturated carbocycles. The molecule has 0 bridgehead atoms. The first-order valence-electron chi connectivity index (χ1n) is 6.92. The SMILES string of the molecule is Cn1c(CC(N)CCc2ccco2)nc2ccccc21. The van der Waals surface area contributed by atoms with Crippen molar-refractivity contribution in [3.05, 3.63) is 54.2 Å². The van der Waals surface area contributed by atoms with E-state index in [9.17, 15) is 0 Å². The van der Waals surface area contributed by atoms with E-state index in [0.29, 0.717) is 0 Å². The maximum atomic E-state index is 6.22. The van der Waals surface area contributed by atoms with Crippen molar-refractivity contribution in [3.63, 3.8) is 0 Å². The Bertz CT molecular complexity index is 685. The van der Waals surface area contributed by atoms with Crippen molar-refractivity contribution in [2.24, 2.45) is 12.8 Å². The summed E-state index contributed by atoms with van der Waals surface area (Å²) in [4.78, 5) is 4.66. The highest BCUT2D eigenvalue weighted by Crippen LogP contribution is 2.16. The normalized spacial score (nSPS) is 12.9. The van der Waals surface area contributed by atoms with E-state index in [2.05, 4.69) is 15.6 Å². The molecule has 0 aliphatic carbocycles. The van der Waals surface area contributed by atoms with Gasteiger partial charge in [-0.25, -0.2) is 4.98 Å². The summed E-state index contributed by atoms with van der Waals surface area (Å²) >= 11 is 0. The molecule has 1 unspecified atom stereocenters. The third-order valence-corrected chi connectivity index (χ3v) is 3.67. The van der Waals surface area contributed by atoms with Crippen LogP contribution in [0.2, 0.25) is 0 Å². The molecule has 1 aromatic carbocycles. The predicted molar refractivity (Wildman–Crippen MR) is 79.4 cm³/mol. The van der Waals surface area contributed by atoms with Gasteiger partial charge < -0.3 is 14.7 Å². The number of aryl methyl sites for hydroxylation is 2. The van der Waals surface area contributed by atoms with Crippen molar-refractivity contribution in [2.45, 2.75) is 25.3 Å². The smallest absolute Gasteiger partial charge is 0.111 e. The molecule has 0 saturated heterocycles. The van der Waals surface area contributed by atoms with Crippen LogP contribution < -0.4 is 5.73 Å². The molecule has 0 aliphatic heterocycles. The third kappa shape index (κ3) is 2.60. The lowest BCUT2D eigenvalue weighted by Gasteiger charge is -2.10. The van der Waals surface area contributed by atoms with Crippen molar-refractivity contribution >= 4 is 11.0 Å². The maximum absolute atomic E-state index is 6.22. The van der Waals surface area contributed by atoms with Gasteiger partial charge in [-0.1, -0.05) is 12.1 Å². The summed E-state index contributed by atoms with van der Waals surface area (Å²) in [7, 11) is 2.05. The summed E-state index contributed by atoms with van der Waals surface area (Å²) in [6, 6.07) is 12.2. The molecule has 2 N–H and O–H groups in total. The zero-order valence-corrected chi connectivity index (χ0v) is 11.6. The zero-order chi connectivity index (χ0) is 13.9. The van der Waals surface area contributed by atoms with Crippen molar-refractivity contribution < 1.29 is 4.42 Å². The molecule has 0 fully saturated rings. The molecule has 0 aliphatic rings. The van der Waals surface area contributed by atoms with Gasteiger partial charge in [0.15, 0.2) is 0 Å². The molecule has 2 aromatic heterocycles. The van der Waals surface area contributed by atoms with E-state index in [1.807, 2.05) is 37.4 Å². The predicted octanol–water partition coefficient (Wildman–Crippen LogP) is 2.67. The first kappa shape index (κ1) is 12.9. The van der Waals surface area contributed by atoms with Crippen LogP contribution in [0.25, 0.3) is 11.0 Å². The Balaban J connectivity index is 1.67. The van der Waals surface area contributed by atoms with Gasteiger partial charge in [-0.05, 0) is 30.7 Å². The molecule has 1 atom stereocenters. The maximum Gasteiger partial charge on any atom is 0.111 e. The lowest BCUT2D eigenvalue weighted by Crippen LogP contribution is -2.25. The standard InChI is InChI=1S/C16H19N3O/c1-19-15-7-3-2-6-14(15)18-16(19)11-12(17)8-9-13-5-4-10-20-13/h2-7,10,12H,8-9,11,17H2,1H3. The fraction of sp³-hybridized carbons (Fsp3) is 0.312. The van der Waals surface area contributed by atoms with Crippen LogP contribution in [0.1, 0.15) is 18.0 Å². The van der Waals surface area contributed by atoms with E-state index in [1.54, 1.807) is 6.26 Å². The van der Waals surface area contributed by atoms with Crippen molar-refractivity contribution in [1.82, 2.24) is 9.55 Å². The number of aromatic nitrogens is 2. The second kappa shape index (κ2) is 5.51. The Hall–Kier alpha value is -2.07. The molecular formula is C16H19N3O. The molecule has 3 rings (SSSR count). The van der Waals surface area contributed by atoms with Crippen LogP contribution in [0.4, 0.5) is 0 Å². The summed E-state index contributed by atoms with van der Waals surface area (Å²) < 4.78 is 7.46. The molecular weight excluding hydrogens is 250 g/mol. The van der Waals surface area contributed by atoms with Crippen LogP contribution in [-0.4, -0.2) is 15.6 Å². The number of furan rings is 1. The number of para-hydroxylation sites is 2. The Morgan fingerprint density at radius 3 is 2.85 bits per heavy atom. The minimum atomic E-state index is 0.0932. The molecule has 0 spiro atoms. The topological polar surface area (TPSA) is 57.0 Å². The first-order chi connectivity index (χ1) is 9.74. The average molecular weight is 269 g/mol. The fourth-order valence-corrected chi connectivity index (χ4v) is 2.50. The summed E-state index contributed by atoms with van der Waals surface area (Å²) in [6.07, 6.45) is 4.26. The van der Waals surface area contributed by atoms with Gasteiger partial charge in [0.1, 0.15) is 11.6 Å². The number of imidazole rings is 1. The quantitative estimate of drug-likeness (QED) is 0.774. The number of hydrogen-bond acceptors (Lipinski definition) is 3. The average Bonchev–Trinajstić information content (AvgIpc) is 3.07. The van der Waals surface area contributed by atoms with Crippen molar-refractivity contribution in [2.75, 3.05) is 0 Å². The zero-order valence-electron chi connectivity index (χ0n) is 11.6. The highest BCUT2D eigenvalue weighted by Gasteiger charge is 2.12. The summed E-state index contributed by atoms with van der Waals surface area (Å²) in [5.41, 5.74) is 8.40. The number of fused-ring (bicyclic) bond motifs is 1. The summed E-state index contributed by atoms with van der Waals surface area (Å²) in [5, 5.41) is 0. The molecule has 20 heavy (non-hydrogen) atoms. The Morgan fingerprint density at radius 1 is 1.25 bits per heavy atom. The van der Waals surface area contributed by atoms with E-state index in [1.165, 1.54) is 0 Å².